The lowest BCUT2D eigenvalue weighted by Crippen LogP contribution is -2.44. The van der Waals surface area contributed by atoms with Crippen LogP contribution in [0.2, 0.25) is 0 Å². The van der Waals surface area contributed by atoms with Crippen LogP contribution in [0.4, 0.5) is 23.9 Å². The van der Waals surface area contributed by atoms with Crippen LogP contribution < -0.4 is 10.4 Å². The molecule has 33 heavy (non-hydrogen) atoms. The number of aromatic nitrogens is 2. The molecule has 174 valence electrons. The molecule has 1 aliphatic rings. The van der Waals surface area contributed by atoms with Crippen LogP contribution in [0.25, 0.3) is 11.0 Å². The van der Waals surface area contributed by atoms with E-state index >= 15 is 0 Å². The Bertz CT molecular complexity index is 1210. The molecule has 1 aliphatic heterocycles. The molecule has 2 aromatic carbocycles. The summed E-state index contributed by atoms with van der Waals surface area (Å²) < 4.78 is 46.5. The predicted octanol–water partition coefficient (Wildman–Crippen LogP) is 2.83. The Morgan fingerprint density at radius 3 is 2.70 bits per heavy atom. The number of carbonyl (C=O) groups excluding carboxylic acids is 2. The molecule has 8 nitrogen and oxygen atoms in total. The molecule has 1 aromatic heterocycles. The quantitative estimate of drug-likeness (QED) is 0.647. The number of hydrogen-bond donors (Lipinski definition) is 1. The molecular formula is C22H20F3N4O4-. The zero-order valence-electron chi connectivity index (χ0n) is 17.6. The normalized spacial score (nSPS) is 17.1. The summed E-state index contributed by atoms with van der Waals surface area (Å²) in [6.45, 7) is 2.34. The van der Waals surface area contributed by atoms with E-state index in [0.29, 0.717) is 11.0 Å². The Morgan fingerprint density at radius 1 is 1.21 bits per heavy atom. The second-order valence-electron chi connectivity index (χ2n) is 7.72. The van der Waals surface area contributed by atoms with Crippen molar-refractivity contribution in [1.82, 2.24) is 14.5 Å². The molecule has 0 bridgehead atoms. The van der Waals surface area contributed by atoms with Crippen molar-refractivity contribution in [1.29, 1.82) is 0 Å². The summed E-state index contributed by atoms with van der Waals surface area (Å²) in [5.74, 6) is -0.697. The number of amides is 2. The molecule has 1 fully saturated rings. The van der Waals surface area contributed by atoms with Crippen LogP contribution in [0.3, 0.4) is 0 Å². The summed E-state index contributed by atoms with van der Waals surface area (Å²) in [5.41, 5.74) is 0.892. The molecule has 0 aliphatic carbocycles. The summed E-state index contributed by atoms with van der Waals surface area (Å²) in [4.78, 5) is 29.9. The molecular weight excluding hydrogens is 441 g/mol. The molecule has 1 N–H and O–H groups in total. The Morgan fingerprint density at radius 2 is 1.97 bits per heavy atom. The minimum atomic E-state index is -4.59. The molecule has 11 heteroatoms. The van der Waals surface area contributed by atoms with Crippen LogP contribution in [-0.4, -0.2) is 52.8 Å². The number of fused-ring (bicyclic) bond motifs is 1. The maximum absolute atomic E-state index is 13.1. The van der Waals surface area contributed by atoms with Gasteiger partial charge in [0, 0.05) is 18.7 Å². The average molecular weight is 461 g/mol. The SMILES string of the molecule is Cc1cccc2nc(NC(=O)c3cccc(C(F)(F)F)c3)n(C3COCCN(C(=O)[O-])C3)c12. The van der Waals surface area contributed by atoms with Gasteiger partial charge in [0.2, 0.25) is 5.95 Å². The fourth-order valence-corrected chi connectivity index (χ4v) is 3.89. The van der Waals surface area contributed by atoms with Crippen molar-refractivity contribution in [2.75, 3.05) is 31.6 Å². The highest BCUT2D eigenvalue weighted by molar-refractivity contribution is 6.04. The fraction of sp³-hybridized carbons (Fsp3) is 0.318. The second-order valence-corrected chi connectivity index (χ2v) is 7.72. The molecule has 3 aromatic rings. The zero-order chi connectivity index (χ0) is 23.8. The number of nitrogens with one attached hydrogen (secondary N) is 1. The number of ether oxygens (including phenoxy) is 1. The van der Waals surface area contributed by atoms with E-state index in [0.717, 1.165) is 28.7 Å². The first-order chi connectivity index (χ1) is 15.6. The number of hydrogen-bond acceptors (Lipinski definition) is 5. The van der Waals surface area contributed by atoms with Crippen LogP contribution in [0, 0.1) is 6.92 Å². The first kappa shape index (κ1) is 22.6. The Labute approximate surface area is 186 Å². The molecule has 1 saturated heterocycles. The van der Waals surface area contributed by atoms with Gasteiger partial charge in [0.05, 0.1) is 35.9 Å². The lowest BCUT2D eigenvalue weighted by molar-refractivity contribution is -0.265. The minimum Gasteiger partial charge on any atom is -0.530 e. The van der Waals surface area contributed by atoms with Crippen molar-refractivity contribution < 1.29 is 32.6 Å². The third-order valence-corrected chi connectivity index (χ3v) is 5.46. The van der Waals surface area contributed by atoms with E-state index in [2.05, 4.69) is 10.3 Å². The van der Waals surface area contributed by atoms with Crippen LogP contribution in [0.15, 0.2) is 42.5 Å². The number of halogens is 3. The fourth-order valence-electron chi connectivity index (χ4n) is 3.89. The summed E-state index contributed by atoms with van der Waals surface area (Å²) in [6.07, 6.45) is -5.94. The number of benzene rings is 2. The topological polar surface area (TPSA) is 99.5 Å². The summed E-state index contributed by atoms with van der Waals surface area (Å²) >= 11 is 0. The van der Waals surface area contributed by atoms with Gasteiger partial charge >= 0.3 is 6.18 Å². The third kappa shape index (κ3) is 4.63. The van der Waals surface area contributed by atoms with E-state index in [9.17, 15) is 27.9 Å². The second kappa shape index (κ2) is 8.74. The lowest BCUT2D eigenvalue weighted by atomic mass is 10.1. The van der Waals surface area contributed by atoms with E-state index in [4.69, 9.17) is 4.74 Å². The Balaban J connectivity index is 1.75. The number of carbonyl (C=O) groups is 2. The van der Waals surface area contributed by atoms with Crippen molar-refractivity contribution in [3.8, 4) is 0 Å². The maximum atomic E-state index is 13.1. The standard InChI is InChI=1S/C22H21F3N4O4/c1-13-4-2-7-17-18(13)29(16-11-28(21(31)32)8-9-33-12-16)20(26-17)27-19(30)14-5-3-6-15(10-14)22(23,24)25/h2-7,10,16H,8-9,11-12H2,1H3,(H,31,32)(H,26,27,30)/p-1. The van der Waals surface area contributed by atoms with E-state index < -0.39 is 29.8 Å². The number of aryl methyl sites for hydroxylation is 1. The third-order valence-electron chi connectivity index (χ3n) is 5.46. The van der Waals surface area contributed by atoms with Gasteiger partial charge in [-0.2, -0.15) is 13.2 Å². The average Bonchev–Trinajstić information content (AvgIpc) is 2.95. The van der Waals surface area contributed by atoms with E-state index in [1.807, 2.05) is 13.0 Å². The number of para-hydroxylation sites is 1. The summed E-state index contributed by atoms with van der Waals surface area (Å²) in [5, 5.41) is 14.1. The highest BCUT2D eigenvalue weighted by Gasteiger charge is 2.31. The monoisotopic (exact) mass is 461 g/mol. The van der Waals surface area contributed by atoms with Gasteiger partial charge in [0.25, 0.3) is 5.91 Å². The van der Waals surface area contributed by atoms with Gasteiger partial charge in [0.15, 0.2) is 0 Å². The van der Waals surface area contributed by atoms with Gasteiger partial charge in [-0.3, -0.25) is 10.1 Å². The van der Waals surface area contributed by atoms with Crippen LogP contribution in [0.1, 0.15) is 27.5 Å². The van der Waals surface area contributed by atoms with Gasteiger partial charge in [0.1, 0.15) is 6.09 Å². The van der Waals surface area contributed by atoms with Gasteiger partial charge < -0.3 is 24.1 Å². The van der Waals surface area contributed by atoms with E-state index in [1.165, 1.54) is 6.07 Å². The van der Waals surface area contributed by atoms with Crippen LogP contribution >= 0.6 is 0 Å². The molecule has 2 heterocycles. The number of rotatable bonds is 3. The number of imidazole rings is 1. The number of alkyl halides is 3. The smallest absolute Gasteiger partial charge is 0.416 e. The van der Waals surface area contributed by atoms with Crippen molar-refractivity contribution >= 4 is 29.0 Å². The maximum Gasteiger partial charge on any atom is 0.416 e. The number of carboxylic acid groups (broad SMARTS) is 1. The van der Waals surface area contributed by atoms with Crippen molar-refractivity contribution in [2.45, 2.75) is 19.1 Å². The number of anilines is 1. The van der Waals surface area contributed by atoms with Crippen LogP contribution in [-0.2, 0) is 10.9 Å². The van der Waals surface area contributed by atoms with Gasteiger partial charge in [-0.05, 0) is 36.8 Å². The van der Waals surface area contributed by atoms with Gasteiger partial charge in [-0.15, -0.1) is 0 Å². The first-order valence-corrected chi connectivity index (χ1v) is 10.1. The Hall–Kier alpha value is -3.60. The molecule has 0 spiro atoms. The highest BCUT2D eigenvalue weighted by atomic mass is 19.4. The lowest BCUT2D eigenvalue weighted by Gasteiger charge is -2.27. The molecule has 2 amide bonds. The predicted molar refractivity (Wildman–Crippen MR) is 111 cm³/mol. The van der Waals surface area contributed by atoms with E-state index in [-0.39, 0.29) is 37.8 Å². The molecule has 1 atom stereocenters. The number of nitrogens with zero attached hydrogens (tertiary/aromatic N) is 3. The van der Waals surface area contributed by atoms with Crippen molar-refractivity contribution in [3.63, 3.8) is 0 Å². The van der Waals surface area contributed by atoms with Gasteiger partial charge in [-0.1, -0.05) is 18.2 Å². The van der Waals surface area contributed by atoms with Crippen molar-refractivity contribution in [3.05, 3.63) is 59.2 Å². The van der Waals surface area contributed by atoms with E-state index in [1.54, 1.807) is 16.7 Å². The minimum absolute atomic E-state index is 0.0363. The summed E-state index contributed by atoms with van der Waals surface area (Å²) in [7, 11) is 0. The van der Waals surface area contributed by atoms with Crippen LogP contribution in [0.5, 0.6) is 0 Å². The molecule has 4 rings (SSSR count). The zero-order valence-corrected chi connectivity index (χ0v) is 17.6. The Kier molecular flexibility index (Phi) is 5.98. The molecule has 0 saturated carbocycles. The molecule has 1 unspecified atom stereocenters. The first-order valence-electron chi connectivity index (χ1n) is 10.1. The van der Waals surface area contributed by atoms with Crippen molar-refractivity contribution in [2.24, 2.45) is 0 Å². The largest absolute Gasteiger partial charge is 0.530 e. The summed E-state index contributed by atoms with van der Waals surface area (Å²) in [6, 6.07) is 8.88. The van der Waals surface area contributed by atoms with Gasteiger partial charge in [-0.25, -0.2) is 4.98 Å². The highest BCUT2D eigenvalue weighted by Crippen LogP contribution is 2.31. The molecule has 0 radical (unpaired) electrons.